The van der Waals surface area contributed by atoms with Crippen molar-refractivity contribution in [3.8, 4) is 5.75 Å². The van der Waals surface area contributed by atoms with Crippen LogP contribution >= 0.6 is 23.2 Å². The topological polar surface area (TPSA) is 64.6 Å². The maximum Gasteiger partial charge on any atom is 0.337 e. The number of carbonyl (C=O) groups excluding carboxylic acids is 2. The highest BCUT2D eigenvalue weighted by molar-refractivity contribution is 6.34. The molecule has 0 fully saturated rings. The van der Waals surface area contributed by atoms with Crippen molar-refractivity contribution in [2.75, 3.05) is 19.0 Å². The molecule has 0 saturated heterocycles. The summed E-state index contributed by atoms with van der Waals surface area (Å²) in [7, 11) is 1.27. The molecule has 2 aromatic rings. The van der Waals surface area contributed by atoms with Crippen LogP contribution in [0.4, 0.5) is 5.69 Å². The average molecular weight is 354 g/mol. The fourth-order valence-electron chi connectivity index (χ4n) is 1.73. The Balaban J connectivity index is 1.99. The Bertz CT molecular complexity index is 717. The zero-order chi connectivity index (χ0) is 16.8. The van der Waals surface area contributed by atoms with Crippen molar-refractivity contribution < 1.29 is 19.1 Å². The lowest BCUT2D eigenvalue weighted by atomic mass is 10.2. The molecule has 23 heavy (non-hydrogen) atoms. The lowest BCUT2D eigenvalue weighted by Gasteiger charge is -2.10. The van der Waals surface area contributed by atoms with Gasteiger partial charge in [-0.25, -0.2) is 4.79 Å². The number of hydrogen-bond acceptors (Lipinski definition) is 4. The molecule has 1 amide bonds. The van der Waals surface area contributed by atoms with Crippen LogP contribution in [0.3, 0.4) is 0 Å². The first kappa shape index (κ1) is 17.1. The number of amides is 1. The van der Waals surface area contributed by atoms with E-state index in [9.17, 15) is 9.59 Å². The molecule has 2 aromatic carbocycles. The Morgan fingerprint density at radius 3 is 2.43 bits per heavy atom. The second-order valence-corrected chi connectivity index (χ2v) is 5.32. The predicted octanol–water partition coefficient (Wildman–Crippen LogP) is 3.80. The predicted molar refractivity (Wildman–Crippen MR) is 88.4 cm³/mol. The molecule has 5 nitrogen and oxygen atoms in total. The molecule has 7 heteroatoms. The molecule has 0 heterocycles. The number of benzene rings is 2. The van der Waals surface area contributed by atoms with Crippen LogP contribution in [-0.4, -0.2) is 25.6 Å². The average Bonchev–Trinajstić information content (AvgIpc) is 2.55. The molecule has 0 spiro atoms. The Hall–Kier alpha value is -2.24. The Kier molecular flexibility index (Phi) is 5.84. The van der Waals surface area contributed by atoms with Gasteiger partial charge in [0.25, 0.3) is 5.91 Å². The largest absolute Gasteiger partial charge is 0.484 e. The van der Waals surface area contributed by atoms with E-state index >= 15 is 0 Å². The first-order chi connectivity index (χ1) is 11.0. The van der Waals surface area contributed by atoms with Crippen LogP contribution in [0, 0.1) is 0 Å². The molecule has 0 unspecified atom stereocenters. The first-order valence-corrected chi connectivity index (χ1v) is 7.31. The standard InChI is InChI=1S/C16H13Cl2NO4/c1-22-16(21)10-2-7-13(18)14(8-10)19-15(20)9-23-12-5-3-11(17)4-6-12/h2-8H,9H2,1H3,(H,19,20). The van der Waals surface area contributed by atoms with Gasteiger partial charge in [0.05, 0.1) is 23.4 Å². The lowest BCUT2D eigenvalue weighted by molar-refractivity contribution is -0.118. The van der Waals surface area contributed by atoms with Gasteiger partial charge in [-0.1, -0.05) is 23.2 Å². The fraction of sp³-hybridized carbons (Fsp3) is 0.125. The van der Waals surface area contributed by atoms with E-state index in [1.54, 1.807) is 24.3 Å². The van der Waals surface area contributed by atoms with Gasteiger partial charge in [-0.15, -0.1) is 0 Å². The third-order valence-electron chi connectivity index (χ3n) is 2.85. The van der Waals surface area contributed by atoms with Crippen molar-refractivity contribution in [2.24, 2.45) is 0 Å². The molecule has 0 radical (unpaired) electrons. The number of halogens is 2. The molecular weight excluding hydrogens is 341 g/mol. The first-order valence-electron chi connectivity index (χ1n) is 6.55. The van der Waals surface area contributed by atoms with E-state index in [-0.39, 0.29) is 12.2 Å². The van der Waals surface area contributed by atoms with Gasteiger partial charge in [-0.2, -0.15) is 0 Å². The molecular formula is C16H13Cl2NO4. The van der Waals surface area contributed by atoms with Crippen LogP contribution in [0.5, 0.6) is 5.75 Å². The van der Waals surface area contributed by atoms with E-state index in [2.05, 4.69) is 10.1 Å². The normalized spacial score (nSPS) is 10.0. The summed E-state index contributed by atoms with van der Waals surface area (Å²) >= 11 is 11.8. The molecule has 0 bridgehead atoms. The quantitative estimate of drug-likeness (QED) is 0.830. The molecule has 1 N–H and O–H groups in total. The second-order valence-electron chi connectivity index (χ2n) is 4.48. The number of anilines is 1. The number of nitrogens with one attached hydrogen (secondary N) is 1. The van der Waals surface area contributed by atoms with E-state index in [4.69, 9.17) is 27.9 Å². The van der Waals surface area contributed by atoms with Gasteiger partial charge in [-0.3, -0.25) is 4.79 Å². The van der Waals surface area contributed by atoms with Crippen molar-refractivity contribution in [1.82, 2.24) is 0 Å². The van der Waals surface area contributed by atoms with E-state index in [1.807, 2.05) is 0 Å². The van der Waals surface area contributed by atoms with E-state index in [0.29, 0.717) is 21.5 Å². The van der Waals surface area contributed by atoms with E-state index in [0.717, 1.165) is 0 Å². The maximum atomic E-state index is 11.9. The minimum Gasteiger partial charge on any atom is -0.484 e. The third kappa shape index (κ3) is 4.87. The van der Waals surface area contributed by atoms with Crippen molar-refractivity contribution in [3.63, 3.8) is 0 Å². The fourth-order valence-corrected chi connectivity index (χ4v) is 2.02. The molecule has 2 rings (SSSR count). The van der Waals surface area contributed by atoms with Gasteiger partial charge in [-0.05, 0) is 42.5 Å². The van der Waals surface area contributed by atoms with Gasteiger partial charge >= 0.3 is 5.97 Å². The third-order valence-corrected chi connectivity index (χ3v) is 3.43. The van der Waals surface area contributed by atoms with Crippen molar-refractivity contribution in [3.05, 3.63) is 58.1 Å². The minimum absolute atomic E-state index is 0.208. The molecule has 0 aliphatic carbocycles. The Labute approximate surface area is 143 Å². The van der Waals surface area contributed by atoms with Crippen LogP contribution in [0.1, 0.15) is 10.4 Å². The molecule has 120 valence electrons. The highest BCUT2D eigenvalue weighted by atomic mass is 35.5. The summed E-state index contributed by atoms with van der Waals surface area (Å²) < 4.78 is 9.95. The SMILES string of the molecule is COC(=O)c1ccc(Cl)c(NC(=O)COc2ccc(Cl)cc2)c1. The van der Waals surface area contributed by atoms with Crippen molar-refractivity contribution in [1.29, 1.82) is 0 Å². The number of rotatable bonds is 5. The van der Waals surface area contributed by atoms with Gasteiger partial charge in [0.1, 0.15) is 5.75 Å². The minimum atomic E-state index is -0.519. The van der Waals surface area contributed by atoms with Crippen molar-refractivity contribution >= 4 is 40.8 Å². The summed E-state index contributed by atoms with van der Waals surface area (Å²) in [6.45, 7) is -0.208. The summed E-state index contributed by atoms with van der Waals surface area (Å²) in [6.07, 6.45) is 0. The molecule has 0 atom stereocenters. The van der Waals surface area contributed by atoms with Gasteiger partial charge < -0.3 is 14.8 Å². The van der Waals surface area contributed by atoms with E-state index in [1.165, 1.54) is 25.3 Å². The molecule has 0 aliphatic heterocycles. The van der Waals surface area contributed by atoms with Gasteiger partial charge in [0, 0.05) is 5.02 Å². The molecule has 0 aliphatic rings. The zero-order valence-electron chi connectivity index (χ0n) is 12.1. The smallest absolute Gasteiger partial charge is 0.337 e. The molecule has 0 saturated carbocycles. The van der Waals surface area contributed by atoms with E-state index < -0.39 is 11.9 Å². The summed E-state index contributed by atoms with van der Waals surface area (Å²) in [4.78, 5) is 23.4. The summed E-state index contributed by atoms with van der Waals surface area (Å²) in [5.41, 5.74) is 0.588. The number of esters is 1. The van der Waals surface area contributed by atoms with Crippen molar-refractivity contribution in [2.45, 2.75) is 0 Å². The molecule has 0 aromatic heterocycles. The number of methoxy groups -OCH3 is 1. The Morgan fingerprint density at radius 2 is 1.78 bits per heavy atom. The summed E-state index contributed by atoms with van der Waals surface area (Å²) in [5, 5.41) is 3.46. The van der Waals surface area contributed by atoms with Gasteiger partial charge in [0.15, 0.2) is 6.61 Å². The van der Waals surface area contributed by atoms with Crippen LogP contribution in [0.2, 0.25) is 10.0 Å². The highest BCUT2D eigenvalue weighted by Crippen LogP contribution is 2.23. The number of hydrogen-bond donors (Lipinski definition) is 1. The number of ether oxygens (including phenoxy) is 2. The summed E-state index contributed by atoms with van der Waals surface area (Å²) in [5.74, 6) is -0.419. The Morgan fingerprint density at radius 1 is 1.09 bits per heavy atom. The second kappa shape index (κ2) is 7.85. The van der Waals surface area contributed by atoms with Crippen LogP contribution in [-0.2, 0) is 9.53 Å². The monoisotopic (exact) mass is 353 g/mol. The zero-order valence-corrected chi connectivity index (χ0v) is 13.6. The number of carbonyl (C=O) groups is 2. The van der Waals surface area contributed by atoms with Crippen LogP contribution in [0.15, 0.2) is 42.5 Å². The van der Waals surface area contributed by atoms with Crippen LogP contribution in [0.25, 0.3) is 0 Å². The maximum absolute atomic E-state index is 11.9. The highest BCUT2D eigenvalue weighted by Gasteiger charge is 2.11. The lowest BCUT2D eigenvalue weighted by Crippen LogP contribution is -2.20. The van der Waals surface area contributed by atoms with Crippen LogP contribution < -0.4 is 10.1 Å². The van der Waals surface area contributed by atoms with Gasteiger partial charge in [0.2, 0.25) is 0 Å². The summed E-state index contributed by atoms with van der Waals surface area (Å²) in [6, 6.07) is 11.1.